The standard InChI is InChI=1S/C18H25BrN2O4S/c19-16-4-1-3-14(11-16)13-26(23,24)21-8-6-15(7-9-21)18(22)20-12-17-5-2-10-25-17/h1,3-4,11,15,17H,2,5-10,12-13H2,(H,20,22)/t17-/m0/s1. The fraction of sp³-hybridized carbons (Fsp3) is 0.611. The maximum absolute atomic E-state index is 12.6. The zero-order valence-electron chi connectivity index (χ0n) is 14.7. The molecule has 0 saturated carbocycles. The van der Waals surface area contributed by atoms with Crippen LogP contribution >= 0.6 is 15.9 Å². The Kier molecular flexibility index (Phi) is 6.71. The minimum atomic E-state index is -3.37. The minimum absolute atomic E-state index is 0.0116. The largest absolute Gasteiger partial charge is 0.376 e. The number of carbonyl (C=O) groups is 1. The molecule has 1 aromatic carbocycles. The Hall–Kier alpha value is -0.960. The van der Waals surface area contributed by atoms with E-state index in [1.54, 1.807) is 0 Å². The lowest BCUT2D eigenvalue weighted by Crippen LogP contribution is -2.44. The Balaban J connectivity index is 1.48. The van der Waals surface area contributed by atoms with Crippen LogP contribution in [0.5, 0.6) is 0 Å². The Labute approximate surface area is 163 Å². The molecule has 1 atom stereocenters. The van der Waals surface area contributed by atoms with Crippen molar-refractivity contribution in [1.82, 2.24) is 9.62 Å². The SMILES string of the molecule is O=C(NC[C@@H]1CCCO1)C1CCN(S(=O)(=O)Cc2cccc(Br)c2)CC1. The lowest BCUT2D eigenvalue weighted by Gasteiger charge is -2.30. The van der Waals surface area contributed by atoms with Gasteiger partial charge in [-0.15, -0.1) is 0 Å². The van der Waals surface area contributed by atoms with Crippen LogP contribution in [-0.2, 0) is 25.3 Å². The molecule has 2 heterocycles. The average molecular weight is 445 g/mol. The molecular weight excluding hydrogens is 420 g/mol. The smallest absolute Gasteiger partial charge is 0.223 e. The molecule has 0 unspecified atom stereocenters. The quantitative estimate of drug-likeness (QED) is 0.729. The molecular formula is C18H25BrN2O4S. The summed E-state index contributed by atoms with van der Waals surface area (Å²) < 4.78 is 33.2. The average Bonchev–Trinajstić information content (AvgIpc) is 3.13. The maximum atomic E-state index is 12.6. The fourth-order valence-electron chi connectivity index (χ4n) is 3.49. The van der Waals surface area contributed by atoms with E-state index in [0.717, 1.165) is 29.5 Å². The molecule has 1 amide bonds. The van der Waals surface area contributed by atoms with Crippen LogP contribution in [0.25, 0.3) is 0 Å². The normalized spacial score (nSPS) is 22.4. The van der Waals surface area contributed by atoms with Crippen molar-refractivity contribution in [1.29, 1.82) is 0 Å². The van der Waals surface area contributed by atoms with Crippen LogP contribution in [0.2, 0.25) is 0 Å². The van der Waals surface area contributed by atoms with Crippen molar-refractivity contribution in [3.63, 3.8) is 0 Å². The predicted octanol–water partition coefficient (Wildman–Crippen LogP) is 2.29. The summed E-state index contributed by atoms with van der Waals surface area (Å²) in [4.78, 5) is 12.3. The Morgan fingerprint density at radius 3 is 2.69 bits per heavy atom. The van der Waals surface area contributed by atoms with Gasteiger partial charge in [-0.1, -0.05) is 28.1 Å². The van der Waals surface area contributed by atoms with Gasteiger partial charge in [0.25, 0.3) is 0 Å². The number of benzene rings is 1. The number of hydrogen-bond donors (Lipinski definition) is 1. The molecule has 2 aliphatic rings. The third-order valence-electron chi connectivity index (χ3n) is 4.98. The van der Waals surface area contributed by atoms with Gasteiger partial charge in [-0.05, 0) is 43.4 Å². The van der Waals surface area contributed by atoms with E-state index in [9.17, 15) is 13.2 Å². The number of rotatable bonds is 6. The molecule has 0 aromatic heterocycles. The first kappa shape index (κ1) is 19.8. The van der Waals surface area contributed by atoms with Gasteiger partial charge in [0, 0.05) is 36.6 Å². The van der Waals surface area contributed by atoms with Gasteiger partial charge in [0.05, 0.1) is 11.9 Å². The monoisotopic (exact) mass is 444 g/mol. The van der Waals surface area contributed by atoms with Crippen LogP contribution in [0, 0.1) is 5.92 Å². The number of sulfonamides is 1. The molecule has 6 nitrogen and oxygen atoms in total. The number of ether oxygens (including phenoxy) is 1. The van der Waals surface area contributed by atoms with Crippen LogP contribution < -0.4 is 5.32 Å². The summed E-state index contributed by atoms with van der Waals surface area (Å²) in [6, 6.07) is 7.34. The van der Waals surface area contributed by atoms with Crippen LogP contribution in [0.4, 0.5) is 0 Å². The first-order chi connectivity index (χ1) is 12.4. The van der Waals surface area contributed by atoms with E-state index < -0.39 is 10.0 Å². The summed E-state index contributed by atoms with van der Waals surface area (Å²) in [5.74, 6) is -0.110. The lowest BCUT2D eigenvalue weighted by atomic mass is 9.97. The second-order valence-corrected chi connectivity index (χ2v) is 9.82. The molecule has 144 valence electrons. The molecule has 1 aromatic rings. The van der Waals surface area contributed by atoms with Crippen molar-refractivity contribution in [2.75, 3.05) is 26.2 Å². The van der Waals surface area contributed by atoms with Gasteiger partial charge in [0.2, 0.25) is 15.9 Å². The van der Waals surface area contributed by atoms with Crippen molar-refractivity contribution >= 4 is 31.9 Å². The highest BCUT2D eigenvalue weighted by Crippen LogP contribution is 2.23. The van der Waals surface area contributed by atoms with E-state index in [-0.39, 0.29) is 23.7 Å². The summed E-state index contributed by atoms with van der Waals surface area (Å²) in [5, 5.41) is 2.96. The van der Waals surface area contributed by atoms with Gasteiger partial charge in [-0.3, -0.25) is 4.79 Å². The molecule has 8 heteroatoms. The fourth-order valence-corrected chi connectivity index (χ4v) is 5.49. The van der Waals surface area contributed by atoms with Gasteiger partial charge in [-0.25, -0.2) is 12.7 Å². The van der Waals surface area contributed by atoms with E-state index in [1.807, 2.05) is 24.3 Å². The minimum Gasteiger partial charge on any atom is -0.376 e. The molecule has 2 fully saturated rings. The van der Waals surface area contributed by atoms with Crippen LogP contribution in [0.15, 0.2) is 28.7 Å². The van der Waals surface area contributed by atoms with Crippen molar-refractivity contribution in [3.8, 4) is 0 Å². The molecule has 0 aliphatic carbocycles. The van der Waals surface area contributed by atoms with Gasteiger partial charge in [0.15, 0.2) is 0 Å². The number of nitrogens with one attached hydrogen (secondary N) is 1. The van der Waals surface area contributed by atoms with Gasteiger partial charge in [0.1, 0.15) is 0 Å². The summed E-state index contributed by atoms with van der Waals surface area (Å²) in [6.45, 7) is 2.12. The van der Waals surface area contributed by atoms with E-state index in [0.29, 0.717) is 32.5 Å². The molecule has 1 N–H and O–H groups in total. The Morgan fingerprint density at radius 2 is 2.04 bits per heavy atom. The number of piperidine rings is 1. The summed E-state index contributed by atoms with van der Waals surface area (Å²) >= 11 is 3.37. The summed E-state index contributed by atoms with van der Waals surface area (Å²) in [5.41, 5.74) is 0.760. The topological polar surface area (TPSA) is 75.7 Å². The molecule has 26 heavy (non-hydrogen) atoms. The molecule has 2 aliphatic heterocycles. The summed E-state index contributed by atoms with van der Waals surface area (Å²) in [6.07, 6.45) is 3.30. The molecule has 3 rings (SSSR count). The second kappa shape index (κ2) is 8.82. The van der Waals surface area contributed by atoms with Gasteiger partial charge >= 0.3 is 0 Å². The first-order valence-corrected chi connectivity index (χ1v) is 11.5. The van der Waals surface area contributed by atoms with Gasteiger partial charge in [-0.2, -0.15) is 0 Å². The Bertz CT molecular complexity index is 726. The highest BCUT2D eigenvalue weighted by atomic mass is 79.9. The zero-order valence-corrected chi connectivity index (χ0v) is 17.1. The Morgan fingerprint density at radius 1 is 1.27 bits per heavy atom. The van der Waals surface area contributed by atoms with Crippen LogP contribution in [0.3, 0.4) is 0 Å². The molecule has 0 bridgehead atoms. The summed E-state index contributed by atoms with van der Waals surface area (Å²) in [7, 11) is -3.37. The molecule has 0 spiro atoms. The maximum Gasteiger partial charge on any atom is 0.223 e. The van der Waals surface area contributed by atoms with Crippen molar-refractivity contribution in [2.24, 2.45) is 5.92 Å². The van der Waals surface area contributed by atoms with E-state index in [1.165, 1.54) is 4.31 Å². The van der Waals surface area contributed by atoms with Crippen LogP contribution in [-0.4, -0.2) is 51.0 Å². The second-order valence-electron chi connectivity index (χ2n) is 6.94. The number of halogens is 1. The first-order valence-electron chi connectivity index (χ1n) is 9.05. The van der Waals surface area contributed by atoms with Crippen molar-refractivity contribution in [3.05, 3.63) is 34.3 Å². The van der Waals surface area contributed by atoms with Gasteiger partial charge < -0.3 is 10.1 Å². The molecule has 0 radical (unpaired) electrons. The number of carbonyl (C=O) groups excluding carboxylic acids is 1. The third kappa shape index (κ3) is 5.28. The highest BCUT2D eigenvalue weighted by Gasteiger charge is 2.31. The van der Waals surface area contributed by atoms with Crippen molar-refractivity contribution < 1.29 is 17.9 Å². The predicted molar refractivity (Wildman–Crippen MR) is 103 cm³/mol. The highest BCUT2D eigenvalue weighted by molar-refractivity contribution is 9.10. The molecule has 2 saturated heterocycles. The third-order valence-corrected chi connectivity index (χ3v) is 7.33. The van der Waals surface area contributed by atoms with E-state index in [4.69, 9.17) is 4.74 Å². The number of hydrogen-bond acceptors (Lipinski definition) is 4. The van der Waals surface area contributed by atoms with E-state index >= 15 is 0 Å². The number of nitrogens with zero attached hydrogens (tertiary/aromatic N) is 1. The van der Waals surface area contributed by atoms with Crippen LogP contribution in [0.1, 0.15) is 31.2 Å². The lowest BCUT2D eigenvalue weighted by molar-refractivity contribution is -0.126. The zero-order chi connectivity index (χ0) is 18.6. The van der Waals surface area contributed by atoms with E-state index in [2.05, 4.69) is 21.2 Å². The number of amides is 1. The van der Waals surface area contributed by atoms with Crippen molar-refractivity contribution in [2.45, 2.75) is 37.5 Å².